The minimum Gasteiger partial charge on any atom is -0.504 e. The molecule has 2 heterocycles. The van der Waals surface area contributed by atoms with Crippen molar-refractivity contribution in [3.8, 4) is 17.2 Å². The summed E-state index contributed by atoms with van der Waals surface area (Å²) in [6.45, 7) is 2.05. The quantitative estimate of drug-likeness (QED) is 0.0985. The Kier molecular flexibility index (Phi) is 10.5. The average molecular weight is 666 g/mol. The van der Waals surface area contributed by atoms with E-state index >= 15 is 0 Å². The van der Waals surface area contributed by atoms with Gasteiger partial charge in [-0.15, -0.1) is 5.10 Å². The molecule has 4 aromatic rings. The number of nitrogens with zero attached hydrogens (tertiary/aromatic N) is 3. The number of nitrogens with one attached hydrogen (secondary N) is 1. The SMILES string of the molecule is CCOc1cc(/C=N/N=C2\S/C(=C\c3cc(Cl)ccc3OCC(=O)Nc3ccc(Cl)cc3)C(=O)N2Cc2ccco2)ccc1O. The number of anilines is 1. The maximum atomic E-state index is 13.6. The van der Waals surface area contributed by atoms with E-state index in [1.807, 2.05) is 6.92 Å². The number of hydrogen-bond donors (Lipinski definition) is 2. The number of rotatable bonds is 11. The van der Waals surface area contributed by atoms with Crippen LogP contribution < -0.4 is 14.8 Å². The van der Waals surface area contributed by atoms with Crippen LogP contribution in [0.5, 0.6) is 17.2 Å². The number of benzene rings is 3. The Morgan fingerprint density at radius 3 is 2.60 bits per heavy atom. The fraction of sp³-hybridized carbons (Fsp3) is 0.125. The third kappa shape index (κ3) is 8.48. The summed E-state index contributed by atoms with van der Waals surface area (Å²) < 4.78 is 16.7. The second-order valence-corrected chi connectivity index (χ2v) is 11.3. The molecule has 1 saturated heterocycles. The van der Waals surface area contributed by atoms with Gasteiger partial charge in [0, 0.05) is 21.3 Å². The molecule has 13 heteroatoms. The van der Waals surface area contributed by atoms with Crippen LogP contribution in [0.2, 0.25) is 10.0 Å². The molecular formula is C32H26Cl2N4O6S. The smallest absolute Gasteiger partial charge is 0.267 e. The minimum absolute atomic E-state index is 0.0169. The summed E-state index contributed by atoms with van der Waals surface area (Å²) in [4.78, 5) is 27.9. The molecule has 1 fully saturated rings. The van der Waals surface area contributed by atoms with E-state index < -0.39 is 0 Å². The summed E-state index contributed by atoms with van der Waals surface area (Å²) in [5.74, 6) is 0.538. The van der Waals surface area contributed by atoms with Crippen LogP contribution in [0.4, 0.5) is 5.69 Å². The van der Waals surface area contributed by atoms with Crippen molar-refractivity contribution in [2.75, 3.05) is 18.5 Å². The van der Waals surface area contributed by atoms with E-state index in [4.69, 9.17) is 37.1 Å². The predicted octanol–water partition coefficient (Wildman–Crippen LogP) is 7.21. The van der Waals surface area contributed by atoms with Crippen LogP contribution in [0.25, 0.3) is 6.08 Å². The van der Waals surface area contributed by atoms with E-state index in [2.05, 4.69) is 15.5 Å². The van der Waals surface area contributed by atoms with Gasteiger partial charge in [-0.2, -0.15) is 5.10 Å². The minimum atomic E-state index is -0.379. The van der Waals surface area contributed by atoms with E-state index in [0.717, 1.165) is 11.8 Å². The van der Waals surface area contributed by atoms with Crippen LogP contribution in [0.15, 0.2) is 98.6 Å². The van der Waals surface area contributed by atoms with Crippen molar-refractivity contribution in [3.63, 3.8) is 0 Å². The molecule has 2 amide bonds. The zero-order valence-corrected chi connectivity index (χ0v) is 26.1. The molecule has 2 N–H and O–H groups in total. The third-order valence-corrected chi connectivity index (χ3v) is 7.65. The third-order valence-electron chi connectivity index (χ3n) is 6.16. The zero-order valence-electron chi connectivity index (χ0n) is 23.8. The first-order valence-electron chi connectivity index (χ1n) is 13.6. The van der Waals surface area contributed by atoms with Gasteiger partial charge in [0.25, 0.3) is 11.8 Å². The molecule has 0 radical (unpaired) electrons. The van der Waals surface area contributed by atoms with Gasteiger partial charge in [-0.3, -0.25) is 14.5 Å². The van der Waals surface area contributed by atoms with E-state index in [9.17, 15) is 14.7 Å². The van der Waals surface area contributed by atoms with Crippen molar-refractivity contribution >= 4 is 69.9 Å². The number of thioether (sulfide) groups is 1. The number of furan rings is 1. The lowest BCUT2D eigenvalue weighted by atomic mass is 10.2. The molecule has 1 aromatic heterocycles. The number of carbonyl (C=O) groups is 2. The number of aromatic hydroxyl groups is 1. The Bertz CT molecular complexity index is 1770. The summed E-state index contributed by atoms with van der Waals surface area (Å²) in [7, 11) is 0. The summed E-state index contributed by atoms with van der Waals surface area (Å²) in [6.07, 6.45) is 4.64. The molecular weight excluding hydrogens is 639 g/mol. The van der Waals surface area contributed by atoms with Crippen molar-refractivity contribution in [2.24, 2.45) is 10.2 Å². The van der Waals surface area contributed by atoms with Gasteiger partial charge in [0.15, 0.2) is 23.3 Å². The van der Waals surface area contributed by atoms with Crippen LogP contribution >= 0.6 is 35.0 Å². The normalized spacial score (nSPS) is 14.9. The number of ether oxygens (including phenoxy) is 2. The van der Waals surface area contributed by atoms with Crippen LogP contribution in [0.3, 0.4) is 0 Å². The summed E-state index contributed by atoms with van der Waals surface area (Å²) in [5.41, 5.74) is 1.71. The topological polar surface area (TPSA) is 126 Å². The highest BCUT2D eigenvalue weighted by atomic mass is 35.5. The number of phenols is 1. The van der Waals surface area contributed by atoms with Crippen molar-refractivity contribution in [1.82, 2.24) is 4.90 Å². The van der Waals surface area contributed by atoms with Gasteiger partial charge in [-0.1, -0.05) is 23.2 Å². The molecule has 5 rings (SSSR count). The molecule has 10 nitrogen and oxygen atoms in total. The Hall–Kier alpha value is -4.71. The lowest BCUT2D eigenvalue weighted by Gasteiger charge is -2.13. The standard InChI is InChI=1S/C32H26Cl2N4O6S/c1-2-42-28-14-20(5-11-26(28)39)17-35-37-32-38(18-25-4-3-13-43-25)31(41)29(45-32)16-21-15-23(34)8-12-27(21)44-19-30(40)36-24-9-6-22(33)7-10-24/h3-17,39H,2,18-19H2,1H3,(H,36,40)/b29-16-,35-17+,37-32-. The van der Waals surface area contributed by atoms with E-state index in [-0.39, 0.29) is 30.7 Å². The predicted molar refractivity (Wildman–Crippen MR) is 176 cm³/mol. The molecule has 0 saturated carbocycles. The molecule has 0 spiro atoms. The molecule has 1 aliphatic rings. The van der Waals surface area contributed by atoms with Gasteiger partial charge in [0.2, 0.25) is 0 Å². The van der Waals surface area contributed by atoms with Crippen molar-refractivity contribution in [2.45, 2.75) is 13.5 Å². The first kappa shape index (κ1) is 31.7. The largest absolute Gasteiger partial charge is 0.504 e. The maximum absolute atomic E-state index is 13.6. The van der Waals surface area contributed by atoms with Gasteiger partial charge in [0.1, 0.15) is 11.5 Å². The Morgan fingerprint density at radius 2 is 1.84 bits per heavy atom. The average Bonchev–Trinajstić information content (AvgIpc) is 3.64. The number of phenolic OH excluding ortho intramolecular Hbond substituents is 1. The fourth-order valence-electron chi connectivity index (χ4n) is 4.09. The Balaban J connectivity index is 1.37. The van der Waals surface area contributed by atoms with Crippen molar-refractivity contribution < 1.29 is 28.6 Å². The number of amides is 2. The van der Waals surface area contributed by atoms with E-state index in [0.29, 0.717) is 60.8 Å². The monoisotopic (exact) mass is 664 g/mol. The zero-order chi connectivity index (χ0) is 31.8. The van der Waals surface area contributed by atoms with Crippen LogP contribution in [-0.2, 0) is 16.1 Å². The lowest BCUT2D eigenvalue weighted by Crippen LogP contribution is -2.28. The van der Waals surface area contributed by atoms with Crippen LogP contribution in [0, 0.1) is 0 Å². The maximum Gasteiger partial charge on any atom is 0.267 e. The Labute approximate surface area is 272 Å². The molecule has 0 atom stereocenters. The van der Waals surface area contributed by atoms with E-state index in [1.165, 1.54) is 23.4 Å². The summed E-state index contributed by atoms with van der Waals surface area (Å²) in [5, 5.41) is 22.5. The summed E-state index contributed by atoms with van der Waals surface area (Å²) >= 11 is 13.3. The highest BCUT2D eigenvalue weighted by Gasteiger charge is 2.34. The second kappa shape index (κ2) is 14.8. The molecule has 0 bridgehead atoms. The number of halogens is 2. The lowest BCUT2D eigenvalue weighted by molar-refractivity contribution is -0.122. The summed E-state index contributed by atoms with van der Waals surface area (Å²) in [6, 6.07) is 19.9. The van der Waals surface area contributed by atoms with Crippen molar-refractivity contribution in [3.05, 3.63) is 111 Å². The second-order valence-electron chi connectivity index (χ2n) is 9.39. The van der Waals surface area contributed by atoms with Gasteiger partial charge >= 0.3 is 0 Å². The highest BCUT2D eigenvalue weighted by Crippen LogP contribution is 2.36. The van der Waals surface area contributed by atoms with Crippen molar-refractivity contribution in [1.29, 1.82) is 0 Å². The molecule has 0 unspecified atom stereocenters. The van der Waals surface area contributed by atoms with Gasteiger partial charge < -0.3 is 24.3 Å². The molecule has 45 heavy (non-hydrogen) atoms. The van der Waals surface area contributed by atoms with E-state index in [1.54, 1.807) is 72.8 Å². The molecule has 1 aliphatic heterocycles. The first-order chi connectivity index (χ1) is 21.8. The van der Waals surface area contributed by atoms with Crippen LogP contribution in [-0.4, -0.2) is 46.4 Å². The fourth-order valence-corrected chi connectivity index (χ4v) is 5.32. The first-order valence-corrected chi connectivity index (χ1v) is 15.1. The molecule has 0 aliphatic carbocycles. The highest BCUT2D eigenvalue weighted by molar-refractivity contribution is 8.18. The molecule has 3 aromatic carbocycles. The molecule has 230 valence electrons. The number of hydrogen-bond acceptors (Lipinski definition) is 9. The van der Waals surface area contributed by atoms with Gasteiger partial charge in [-0.25, -0.2) is 0 Å². The van der Waals surface area contributed by atoms with Gasteiger partial charge in [-0.05, 0) is 103 Å². The number of carbonyl (C=O) groups excluding carboxylic acids is 2. The Morgan fingerprint density at radius 1 is 1.04 bits per heavy atom. The number of amidine groups is 1. The van der Waals surface area contributed by atoms with Gasteiger partial charge in [0.05, 0.1) is 30.5 Å². The van der Waals surface area contributed by atoms with Crippen LogP contribution in [0.1, 0.15) is 23.8 Å².